The molecule has 21 heavy (non-hydrogen) atoms. The van der Waals surface area contributed by atoms with E-state index in [1.54, 1.807) is 4.90 Å². The third-order valence-electron chi connectivity index (χ3n) is 3.84. The highest BCUT2D eigenvalue weighted by Crippen LogP contribution is 2.17. The highest BCUT2D eigenvalue weighted by atomic mass is 32.1. The number of likely N-dealkylation sites (tertiary alicyclic amines) is 1. The molecule has 0 unspecified atom stereocenters. The molecule has 1 aromatic carbocycles. The molecule has 5 nitrogen and oxygen atoms in total. The zero-order valence-corrected chi connectivity index (χ0v) is 12.6. The van der Waals surface area contributed by atoms with E-state index >= 15 is 0 Å². The molecule has 2 rings (SSSR count). The van der Waals surface area contributed by atoms with Crippen molar-refractivity contribution in [2.45, 2.75) is 19.3 Å². The van der Waals surface area contributed by atoms with Crippen LogP contribution in [0.2, 0.25) is 0 Å². The van der Waals surface area contributed by atoms with Crippen LogP contribution in [-0.2, 0) is 16.0 Å². The van der Waals surface area contributed by atoms with Crippen LogP contribution in [0.4, 0.5) is 0 Å². The van der Waals surface area contributed by atoms with Gasteiger partial charge in [0, 0.05) is 24.6 Å². The van der Waals surface area contributed by atoms with Gasteiger partial charge in [-0.3, -0.25) is 9.59 Å². The van der Waals surface area contributed by atoms with Crippen LogP contribution in [0.15, 0.2) is 24.3 Å². The predicted octanol–water partition coefficient (Wildman–Crippen LogP) is 0.587. The third-order valence-corrected chi connectivity index (χ3v) is 4.08. The Kier molecular flexibility index (Phi) is 4.90. The lowest BCUT2D eigenvalue weighted by Gasteiger charge is -2.30. The first kappa shape index (κ1) is 15.4. The third kappa shape index (κ3) is 4.01. The SMILES string of the molecule is NC(=O)C1CCN(C(=O)Cc2ccc(C(N)=S)cc2)CC1. The predicted molar refractivity (Wildman–Crippen MR) is 84.5 cm³/mol. The fraction of sp³-hybridized carbons (Fsp3) is 0.400. The molecule has 1 fully saturated rings. The molecule has 0 spiro atoms. The van der Waals surface area contributed by atoms with Gasteiger partial charge >= 0.3 is 0 Å². The van der Waals surface area contributed by atoms with Gasteiger partial charge in [-0.25, -0.2) is 0 Å². The van der Waals surface area contributed by atoms with Crippen molar-refractivity contribution in [1.82, 2.24) is 4.90 Å². The van der Waals surface area contributed by atoms with Gasteiger partial charge in [0.25, 0.3) is 0 Å². The van der Waals surface area contributed by atoms with Gasteiger partial charge in [-0.15, -0.1) is 0 Å². The average Bonchev–Trinajstić information content (AvgIpc) is 2.47. The van der Waals surface area contributed by atoms with Crippen molar-refractivity contribution in [3.63, 3.8) is 0 Å². The monoisotopic (exact) mass is 305 g/mol. The van der Waals surface area contributed by atoms with E-state index in [-0.39, 0.29) is 17.7 Å². The molecule has 0 atom stereocenters. The van der Waals surface area contributed by atoms with E-state index in [1.165, 1.54) is 0 Å². The number of primary amides is 1. The van der Waals surface area contributed by atoms with Gasteiger partial charge < -0.3 is 16.4 Å². The second-order valence-corrected chi connectivity index (χ2v) is 5.74. The van der Waals surface area contributed by atoms with Crippen molar-refractivity contribution in [3.05, 3.63) is 35.4 Å². The largest absolute Gasteiger partial charge is 0.389 e. The van der Waals surface area contributed by atoms with Crippen LogP contribution in [-0.4, -0.2) is 34.8 Å². The summed E-state index contributed by atoms with van der Waals surface area (Å²) in [5.41, 5.74) is 12.5. The first-order valence-electron chi connectivity index (χ1n) is 6.93. The number of amides is 2. The molecule has 0 bridgehead atoms. The van der Waals surface area contributed by atoms with E-state index in [2.05, 4.69) is 0 Å². The molecule has 0 radical (unpaired) electrons. The molecular formula is C15H19N3O2S. The summed E-state index contributed by atoms with van der Waals surface area (Å²) in [5, 5.41) is 0. The molecule has 1 aromatic rings. The molecule has 4 N–H and O–H groups in total. The van der Waals surface area contributed by atoms with E-state index in [0.29, 0.717) is 37.3 Å². The van der Waals surface area contributed by atoms with Crippen LogP contribution >= 0.6 is 12.2 Å². The van der Waals surface area contributed by atoms with Crippen LogP contribution in [0.5, 0.6) is 0 Å². The number of hydrogen-bond acceptors (Lipinski definition) is 3. The van der Waals surface area contributed by atoms with Crippen molar-refractivity contribution in [1.29, 1.82) is 0 Å². The number of piperidine rings is 1. The minimum atomic E-state index is -0.268. The molecule has 1 aliphatic heterocycles. The second-order valence-electron chi connectivity index (χ2n) is 5.30. The fourth-order valence-electron chi connectivity index (χ4n) is 2.49. The topological polar surface area (TPSA) is 89.4 Å². The number of rotatable bonds is 4. The van der Waals surface area contributed by atoms with E-state index in [9.17, 15) is 9.59 Å². The number of thiocarbonyl (C=S) groups is 1. The summed E-state index contributed by atoms with van der Waals surface area (Å²) in [6, 6.07) is 7.37. The average molecular weight is 305 g/mol. The highest BCUT2D eigenvalue weighted by Gasteiger charge is 2.25. The van der Waals surface area contributed by atoms with Gasteiger partial charge in [-0.05, 0) is 18.4 Å². The Bertz CT molecular complexity index is 549. The quantitative estimate of drug-likeness (QED) is 0.797. The number of carbonyl (C=O) groups is 2. The Hall–Kier alpha value is -1.95. The molecule has 0 saturated carbocycles. The van der Waals surface area contributed by atoms with Gasteiger partial charge in [0.2, 0.25) is 11.8 Å². The molecule has 1 saturated heterocycles. The first-order valence-corrected chi connectivity index (χ1v) is 7.34. The molecule has 1 aliphatic rings. The van der Waals surface area contributed by atoms with Crippen LogP contribution in [0.1, 0.15) is 24.0 Å². The number of hydrogen-bond donors (Lipinski definition) is 2. The molecule has 0 aromatic heterocycles. The van der Waals surface area contributed by atoms with Gasteiger partial charge in [-0.2, -0.15) is 0 Å². The maximum atomic E-state index is 12.2. The Balaban J connectivity index is 1.90. The van der Waals surface area contributed by atoms with E-state index in [4.69, 9.17) is 23.7 Å². The van der Waals surface area contributed by atoms with Crippen LogP contribution in [0, 0.1) is 5.92 Å². The number of benzene rings is 1. The van der Waals surface area contributed by atoms with E-state index in [1.807, 2.05) is 24.3 Å². The molecule has 112 valence electrons. The summed E-state index contributed by atoms with van der Waals surface area (Å²) < 4.78 is 0. The summed E-state index contributed by atoms with van der Waals surface area (Å²) in [6.45, 7) is 1.19. The normalized spacial score (nSPS) is 15.7. The Morgan fingerprint density at radius 1 is 1.14 bits per heavy atom. The van der Waals surface area contributed by atoms with Crippen LogP contribution < -0.4 is 11.5 Å². The minimum Gasteiger partial charge on any atom is -0.389 e. The van der Waals surface area contributed by atoms with E-state index in [0.717, 1.165) is 11.1 Å². The van der Waals surface area contributed by atoms with Crippen LogP contribution in [0.25, 0.3) is 0 Å². The van der Waals surface area contributed by atoms with Gasteiger partial charge in [0.15, 0.2) is 0 Å². The maximum absolute atomic E-state index is 12.2. The number of nitrogens with two attached hydrogens (primary N) is 2. The van der Waals surface area contributed by atoms with Gasteiger partial charge in [0.1, 0.15) is 4.99 Å². The molecule has 1 heterocycles. The zero-order chi connectivity index (χ0) is 15.4. The molecule has 2 amide bonds. The summed E-state index contributed by atoms with van der Waals surface area (Å²) in [7, 11) is 0. The van der Waals surface area contributed by atoms with Crippen LogP contribution in [0.3, 0.4) is 0 Å². The molecule has 0 aliphatic carbocycles. The smallest absolute Gasteiger partial charge is 0.226 e. The Morgan fingerprint density at radius 2 is 1.71 bits per heavy atom. The summed E-state index contributed by atoms with van der Waals surface area (Å²) in [6.07, 6.45) is 1.65. The minimum absolute atomic E-state index is 0.0704. The highest BCUT2D eigenvalue weighted by molar-refractivity contribution is 7.80. The van der Waals surface area contributed by atoms with E-state index < -0.39 is 0 Å². The summed E-state index contributed by atoms with van der Waals surface area (Å²) >= 11 is 4.89. The van der Waals surface area contributed by atoms with Gasteiger partial charge in [0.05, 0.1) is 6.42 Å². The lowest BCUT2D eigenvalue weighted by Crippen LogP contribution is -2.42. The second kappa shape index (κ2) is 6.67. The van der Waals surface area contributed by atoms with Crippen molar-refractivity contribution < 1.29 is 9.59 Å². The summed E-state index contributed by atoms with van der Waals surface area (Å²) in [4.78, 5) is 25.5. The van der Waals surface area contributed by atoms with Crippen molar-refractivity contribution >= 4 is 29.0 Å². The van der Waals surface area contributed by atoms with Crippen molar-refractivity contribution in [2.24, 2.45) is 17.4 Å². The number of carbonyl (C=O) groups excluding carboxylic acids is 2. The fourth-order valence-corrected chi connectivity index (χ4v) is 2.62. The number of nitrogens with zero attached hydrogens (tertiary/aromatic N) is 1. The lowest BCUT2D eigenvalue weighted by atomic mass is 9.96. The molecular weight excluding hydrogens is 286 g/mol. The van der Waals surface area contributed by atoms with Crippen molar-refractivity contribution in [2.75, 3.05) is 13.1 Å². The maximum Gasteiger partial charge on any atom is 0.226 e. The summed E-state index contributed by atoms with van der Waals surface area (Å²) in [5.74, 6) is -0.296. The standard InChI is InChI=1S/C15H19N3O2S/c16-14(20)11-5-7-18(8-6-11)13(19)9-10-1-3-12(4-2-10)15(17)21/h1-4,11H,5-9H2,(H2,16,20)(H2,17,21). The lowest BCUT2D eigenvalue weighted by molar-refractivity contribution is -0.134. The first-order chi connectivity index (χ1) is 9.97. The van der Waals surface area contributed by atoms with Crippen molar-refractivity contribution in [3.8, 4) is 0 Å². The Labute approximate surface area is 129 Å². The Morgan fingerprint density at radius 3 is 2.19 bits per heavy atom. The molecule has 6 heteroatoms. The van der Waals surface area contributed by atoms with Gasteiger partial charge in [-0.1, -0.05) is 36.5 Å². The zero-order valence-electron chi connectivity index (χ0n) is 11.7.